The highest BCUT2D eigenvalue weighted by atomic mass is 16.4. The van der Waals surface area contributed by atoms with E-state index in [4.69, 9.17) is 5.11 Å². The van der Waals surface area contributed by atoms with Crippen LogP contribution in [0.15, 0.2) is 18.2 Å². The van der Waals surface area contributed by atoms with E-state index >= 15 is 0 Å². The summed E-state index contributed by atoms with van der Waals surface area (Å²) in [5, 5.41) is 16.8. The second-order valence-corrected chi connectivity index (χ2v) is 4.03. The van der Waals surface area contributed by atoms with Crippen molar-refractivity contribution < 1.29 is 9.90 Å². The van der Waals surface area contributed by atoms with Gasteiger partial charge in [0.15, 0.2) is 5.69 Å². The first-order valence-corrected chi connectivity index (χ1v) is 5.24. The molecule has 0 unspecified atom stereocenters. The van der Waals surface area contributed by atoms with Crippen LogP contribution in [0.5, 0.6) is 0 Å². The number of hydrogen-bond donors (Lipinski definition) is 1. The monoisotopic (exact) mass is 231 g/mol. The average Bonchev–Trinajstić information content (AvgIpc) is 2.60. The fourth-order valence-electron chi connectivity index (χ4n) is 1.81. The number of hydrogen-bond acceptors (Lipinski definition) is 3. The van der Waals surface area contributed by atoms with Gasteiger partial charge in [0.05, 0.1) is 11.4 Å². The molecule has 1 aromatic heterocycles. The lowest BCUT2D eigenvalue weighted by atomic mass is 10.1. The topological polar surface area (TPSA) is 68.0 Å². The molecule has 1 aromatic carbocycles. The molecule has 0 saturated carbocycles. The van der Waals surface area contributed by atoms with Gasteiger partial charge in [-0.1, -0.05) is 22.9 Å². The number of aromatic carboxylic acids is 1. The summed E-state index contributed by atoms with van der Waals surface area (Å²) in [5.41, 5.74) is 3.36. The maximum absolute atomic E-state index is 11.2. The second-order valence-electron chi connectivity index (χ2n) is 4.03. The Morgan fingerprint density at radius 2 is 2.00 bits per heavy atom. The zero-order valence-electron chi connectivity index (χ0n) is 9.93. The SMILES string of the molecule is Cc1ccc(-n2nnc(C)c2C(=O)O)c(C)c1. The van der Waals surface area contributed by atoms with E-state index in [1.54, 1.807) is 6.92 Å². The standard InChI is InChI=1S/C12H13N3O2/c1-7-4-5-10(8(2)6-7)15-11(12(16)17)9(3)13-14-15/h4-6H,1-3H3,(H,16,17). The van der Waals surface area contributed by atoms with Crippen molar-refractivity contribution in [2.75, 3.05) is 0 Å². The Kier molecular flexibility index (Phi) is 2.67. The summed E-state index contributed by atoms with van der Waals surface area (Å²) in [4.78, 5) is 11.2. The lowest BCUT2D eigenvalue weighted by Gasteiger charge is -2.07. The molecule has 0 radical (unpaired) electrons. The van der Waals surface area contributed by atoms with Gasteiger partial charge >= 0.3 is 5.97 Å². The summed E-state index contributed by atoms with van der Waals surface area (Å²) in [6.07, 6.45) is 0. The first kappa shape index (κ1) is 11.3. The third-order valence-electron chi connectivity index (χ3n) is 2.62. The predicted octanol–water partition coefficient (Wildman–Crippen LogP) is 1.89. The number of benzene rings is 1. The Morgan fingerprint density at radius 3 is 2.59 bits per heavy atom. The molecule has 0 amide bonds. The summed E-state index contributed by atoms with van der Waals surface area (Å²) < 4.78 is 1.37. The van der Waals surface area contributed by atoms with Crippen molar-refractivity contribution in [1.29, 1.82) is 0 Å². The molecule has 0 saturated heterocycles. The van der Waals surface area contributed by atoms with Gasteiger partial charge in [0.25, 0.3) is 0 Å². The van der Waals surface area contributed by atoms with Crippen LogP contribution in [0, 0.1) is 20.8 Å². The van der Waals surface area contributed by atoms with Gasteiger partial charge in [-0.25, -0.2) is 9.48 Å². The second kappa shape index (κ2) is 4.01. The van der Waals surface area contributed by atoms with Crippen molar-refractivity contribution >= 4 is 5.97 Å². The van der Waals surface area contributed by atoms with Crippen molar-refractivity contribution in [2.45, 2.75) is 20.8 Å². The molecule has 0 aliphatic carbocycles. The molecular formula is C12H13N3O2. The van der Waals surface area contributed by atoms with E-state index in [1.807, 2.05) is 32.0 Å². The number of rotatable bonds is 2. The molecule has 1 heterocycles. The number of carboxylic acids is 1. The summed E-state index contributed by atoms with van der Waals surface area (Å²) >= 11 is 0. The van der Waals surface area contributed by atoms with Crippen LogP contribution >= 0.6 is 0 Å². The van der Waals surface area contributed by atoms with Crippen molar-refractivity contribution in [3.63, 3.8) is 0 Å². The van der Waals surface area contributed by atoms with Crippen molar-refractivity contribution in [2.24, 2.45) is 0 Å². The van der Waals surface area contributed by atoms with Gasteiger partial charge in [-0.3, -0.25) is 0 Å². The van der Waals surface area contributed by atoms with Crippen molar-refractivity contribution in [3.05, 3.63) is 40.7 Å². The van der Waals surface area contributed by atoms with Gasteiger partial charge in [0.1, 0.15) is 0 Å². The molecule has 0 bridgehead atoms. The minimum atomic E-state index is -1.02. The minimum absolute atomic E-state index is 0.108. The molecule has 0 aliphatic rings. The highest BCUT2D eigenvalue weighted by Gasteiger charge is 2.18. The number of aryl methyl sites for hydroxylation is 3. The van der Waals surface area contributed by atoms with Crippen LogP contribution in [0.4, 0.5) is 0 Å². The molecule has 88 valence electrons. The van der Waals surface area contributed by atoms with Gasteiger partial charge in [0.2, 0.25) is 0 Å². The first-order chi connectivity index (χ1) is 8.00. The van der Waals surface area contributed by atoms with Gasteiger partial charge < -0.3 is 5.11 Å². The number of carboxylic acid groups (broad SMARTS) is 1. The molecule has 5 heteroatoms. The fourth-order valence-corrected chi connectivity index (χ4v) is 1.81. The molecular weight excluding hydrogens is 218 g/mol. The Balaban J connectivity index is 2.65. The normalized spacial score (nSPS) is 10.5. The molecule has 0 aliphatic heterocycles. The van der Waals surface area contributed by atoms with Crippen LogP contribution in [-0.4, -0.2) is 26.1 Å². The third-order valence-corrected chi connectivity index (χ3v) is 2.62. The average molecular weight is 231 g/mol. The molecule has 0 fully saturated rings. The van der Waals surface area contributed by atoms with Crippen LogP contribution in [-0.2, 0) is 0 Å². The Hall–Kier alpha value is -2.17. The van der Waals surface area contributed by atoms with Gasteiger partial charge in [0, 0.05) is 0 Å². The highest BCUT2D eigenvalue weighted by molar-refractivity contribution is 5.87. The summed E-state index contributed by atoms with van der Waals surface area (Å²) in [6, 6.07) is 5.76. The van der Waals surface area contributed by atoms with Crippen molar-refractivity contribution in [3.8, 4) is 5.69 Å². The van der Waals surface area contributed by atoms with E-state index in [0.29, 0.717) is 5.69 Å². The smallest absolute Gasteiger partial charge is 0.356 e. The molecule has 0 atom stereocenters. The van der Waals surface area contributed by atoms with E-state index in [2.05, 4.69) is 10.3 Å². The van der Waals surface area contributed by atoms with Crippen LogP contribution in [0.1, 0.15) is 27.3 Å². The molecule has 2 aromatic rings. The van der Waals surface area contributed by atoms with E-state index in [-0.39, 0.29) is 5.69 Å². The Labute approximate surface area is 98.7 Å². The lowest BCUT2D eigenvalue weighted by molar-refractivity contribution is 0.0686. The number of carbonyl (C=O) groups is 1. The maximum Gasteiger partial charge on any atom is 0.356 e. The molecule has 17 heavy (non-hydrogen) atoms. The van der Waals surface area contributed by atoms with E-state index in [0.717, 1.165) is 16.8 Å². The van der Waals surface area contributed by atoms with Crippen LogP contribution in [0.25, 0.3) is 5.69 Å². The number of aromatic nitrogens is 3. The molecule has 0 spiro atoms. The van der Waals surface area contributed by atoms with Crippen molar-refractivity contribution in [1.82, 2.24) is 15.0 Å². The Morgan fingerprint density at radius 1 is 1.29 bits per heavy atom. The first-order valence-electron chi connectivity index (χ1n) is 5.24. The maximum atomic E-state index is 11.2. The summed E-state index contributed by atoms with van der Waals surface area (Å²) in [6.45, 7) is 5.54. The summed E-state index contributed by atoms with van der Waals surface area (Å²) in [7, 11) is 0. The van der Waals surface area contributed by atoms with Crippen LogP contribution < -0.4 is 0 Å². The zero-order valence-corrected chi connectivity index (χ0v) is 9.93. The van der Waals surface area contributed by atoms with E-state index in [1.165, 1.54) is 4.68 Å². The molecule has 5 nitrogen and oxygen atoms in total. The minimum Gasteiger partial charge on any atom is -0.476 e. The Bertz CT molecular complexity index is 587. The van der Waals surface area contributed by atoms with Crippen LogP contribution in [0.2, 0.25) is 0 Å². The van der Waals surface area contributed by atoms with Gasteiger partial charge in [-0.2, -0.15) is 0 Å². The third kappa shape index (κ3) is 1.91. The molecule has 2 rings (SSSR count). The van der Waals surface area contributed by atoms with Crippen LogP contribution in [0.3, 0.4) is 0 Å². The van der Waals surface area contributed by atoms with E-state index in [9.17, 15) is 4.79 Å². The van der Waals surface area contributed by atoms with E-state index < -0.39 is 5.97 Å². The zero-order chi connectivity index (χ0) is 12.6. The molecule has 1 N–H and O–H groups in total. The number of nitrogens with zero attached hydrogens (tertiary/aromatic N) is 3. The fraction of sp³-hybridized carbons (Fsp3) is 0.250. The highest BCUT2D eigenvalue weighted by Crippen LogP contribution is 2.17. The van der Waals surface area contributed by atoms with Gasteiger partial charge in [-0.15, -0.1) is 5.10 Å². The predicted molar refractivity (Wildman–Crippen MR) is 62.5 cm³/mol. The van der Waals surface area contributed by atoms with Gasteiger partial charge in [-0.05, 0) is 32.4 Å². The largest absolute Gasteiger partial charge is 0.476 e. The quantitative estimate of drug-likeness (QED) is 0.857. The summed E-state index contributed by atoms with van der Waals surface area (Å²) in [5.74, 6) is -1.02. The lowest BCUT2D eigenvalue weighted by Crippen LogP contribution is -2.10.